The topological polar surface area (TPSA) is 48.5 Å². The van der Waals surface area contributed by atoms with Gasteiger partial charge in [0, 0.05) is 31.6 Å². The second-order valence-electron chi connectivity index (χ2n) is 5.61. The lowest BCUT2D eigenvalue weighted by atomic mass is 10.1. The van der Waals surface area contributed by atoms with Gasteiger partial charge in [0.2, 0.25) is 5.91 Å². The van der Waals surface area contributed by atoms with E-state index in [1.54, 1.807) is 11.5 Å². The number of carbonyl (C=O) groups excluding carboxylic acids is 1. The Balaban J connectivity index is 1.46. The summed E-state index contributed by atoms with van der Waals surface area (Å²) in [5, 5.41) is 4.41. The second-order valence-corrected chi connectivity index (χ2v) is 6.42. The number of nitrogens with zero attached hydrogens (tertiary/aromatic N) is 3. The van der Waals surface area contributed by atoms with Crippen molar-refractivity contribution in [3.63, 3.8) is 0 Å². The molecule has 0 unspecified atom stereocenters. The molecule has 0 saturated carbocycles. The van der Waals surface area contributed by atoms with Crippen LogP contribution in [0.4, 0.5) is 5.82 Å². The van der Waals surface area contributed by atoms with Crippen molar-refractivity contribution in [1.29, 1.82) is 0 Å². The summed E-state index contributed by atoms with van der Waals surface area (Å²) in [6, 6.07) is 8.41. The van der Waals surface area contributed by atoms with Gasteiger partial charge in [-0.25, -0.2) is 0 Å². The summed E-state index contributed by atoms with van der Waals surface area (Å²) < 4.78 is 5.83. The van der Waals surface area contributed by atoms with Crippen molar-refractivity contribution in [1.82, 2.24) is 14.6 Å². The Labute approximate surface area is 127 Å². The van der Waals surface area contributed by atoms with Gasteiger partial charge in [0.15, 0.2) is 0 Å². The molecule has 0 aliphatic carbocycles. The van der Waals surface area contributed by atoms with E-state index in [-0.39, 0.29) is 11.9 Å². The molecule has 1 N–H and O–H groups in total. The normalized spacial score (nSPS) is 22.4. The summed E-state index contributed by atoms with van der Waals surface area (Å²) in [6.45, 7) is 4.30. The highest BCUT2D eigenvalue weighted by Crippen LogP contribution is 2.29. The number of hydrogen-bond acceptors (Lipinski definition) is 5. The fourth-order valence-electron chi connectivity index (χ4n) is 2.96. The van der Waals surface area contributed by atoms with Crippen molar-refractivity contribution in [2.45, 2.75) is 12.5 Å². The van der Waals surface area contributed by atoms with Gasteiger partial charge in [-0.3, -0.25) is 4.79 Å². The summed E-state index contributed by atoms with van der Waals surface area (Å²) in [7, 11) is 0. The van der Waals surface area contributed by atoms with E-state index in [9.17, 15) is 4.79 Å². The van der Waals surface area contributed by atoms with Gasteiger partial charge >= 0.3 is 0 Å². The molecule has 1 atom stereocenters. The van der Waals surface area contributed by atoms with Crippen LogP contribution in [0.3, 0.4) is 0 Å². The number of rotatable bonds is 2. The molecule has 5 nitrogen and oxygen atoms in total. The van der Waals surface area contributed by atoms with Crippen molar-refractivity contribution in [3.05, 3.63) is 24.3 Å². The minimum absolute atomic E-state index is 0.0663. The molecule has 21 heavy (non-hydrogen) atoms. The highest BCUT2D eigenvalue weighted by atomic mass is 32.1. The molecule has 4 rings (SSSR count). The van der Waals surface area contributed by atoms with Gasteiger partial charge in [-0.1, -0.05) is 12.1 Å². The zero-order chi connectivity index (χ0) is 14.2. The predicted octanol–water partition coefficient (Wildman–Crippen LogP) is 1.31. The number of aromatic nitrogens is 1. The lowest BCUT2D eigenvalue weighted by Gasteiger charge is -2.38. The van der Waals surface area contributed by atoms with Gasteiger partial charge < -0.3 is 15.1 Å². The highest BCUT2D eigenvalue weighted by molar-refractivity contribution is 7.13. The van der Waals surface area contributed by atoms with Crippen LogP contribution in [0.5, 0.6) is 0 Å². The van der Waals surface area contributed by atoms with Crippen molar-refractivity contribution < 1.29 is 4.79 Å². The third kappa shape index (κ3) is 2.28. The average molecular weight is 302 g/mol. The molecular weight excluding hydrogens is 284 g/mol. The Morgan fingerprint density at radius 2 is 2.00 bits per heavy atom. The molecule has 1 amide bonds. The summed E-state index contributed by atoms with van der Waals surface area (Å²) in [4.78, 5) is 16.5. The molecule has 2 aliphatic heterocycles. The van der Waals surface area contributed by atoms with Gasteiger partial charge in [0.25, 0.3) is 0 Å². The van der Waals surface area contributed by atoms with Crippen LogP contribution in [-0.2, 0) is 4.79 Å². The third-order valence-electron chi connectivity index (χ3n) is 4.37. The molecule has 2 aliphatic rings. The molecule has 6 heteroatoms. The summed E-state index contributed by atoms with van der Waals surface area (Å²) >= 11 is 1.55. The minimum atomic E-state index is 0.0663. The lowest BCUT2D eigenvalue weighted by molar-refractivity contribution is -0.135. The molecule has 0 spiro atoms. The number of piperazine rings is 1. The summed E-state index contributed by atoms with van der Waals surface area (Å²) in [5.41, 5.74) is 0. The monoisotopic (exact) mass is 302 g/mol. The van der Waals surface area contributed by atoms with Crippen LogP contribution in [0.1, 0.15) is 6.42 Å². The van der Waals surface area contributed by atoms with Crippen LogP contribution in [0.2, 0.25) is 0 Å². The first-order chi connectivity index (χ1) is 10.3. The fourth-order valence-corrected chi connectivity index (χ4v) is 3.75. The Morgan fingerprint density at radius 1 is 1.24 bits per heavy atom. The molecule has 3 heterocycles. The largest absolute Gasteiger partial charge is 0.352 e. The Hall–Kier alpha value is -1.66. The fraction of sp³-hybridized carbons (Fsp3) is 0.467. The second kappa shape index (κ2) is 5.27. The quantitative estimate of drug-likeness (QED) is 0.908. The summed E-state index contributed by atoms with van der Waals surface area (Å²) in [6.07, 6.45) is 0.982. The smallest absolute Gasteiger partial charge is 0.239 e. The van der Waals surface area contributed by atoms with Crippen LogP contribution >= 0.6 is 11.5 Å². The van der Waals surface area contributed by atoms with E-state index in [1.165, 1.54) is 10.1 Å². The first-order valence-electron chi connectivity index (χ1n) is 7.44. The maximum atomic E-state index is 12.2. The van der Waals surface area contributed by atoms with E-state index in [4.69, 9.17) is 0 Å². The van der Waals surface area contributed by atoms with Crippen molar-refractivity contribution in [2.24, 2.45) is 0 Å². The summed E-state index contributed by atoms with van der Waals surface area (Å²) in [5.74, 6) is 1.34. The number of anilines is 1. The maximum absolute atomic E-state index is 12.2. The SMILES string of the molecule is O=C([C@H]1CCN1)N1CCN(c2nsc3ccccc23)CC1. The van der Waals surface area contributed by atoms with E-state index in [2.05, 4.69) is 32.8 Å². The van der Waals surface area contributed by atoms with Crippen molar-refractivity contribution >= 4 is 33.3 Å². The molecule has 2 fully saturated rings. The average Bonchev–Trinajstić information content (AvgIpc) is 2.89. The number of hydrogen-bond donors (Lipinski definition) is 1. The predicted molar refractivity (Wildman–Crippen MR) is 84.8 cm³/mol. The van der Waals surface area contributed by atoms with Crippen molar-refractivity contribution in [2.75, 3.05) is 37.6 Å². The van der Waals surface area contributed by atoms with Gasteiger partial charge in [-0.2, -0.15) is 4.37 Å². The number of carbonyl (C=O) groups is 1. The molecule has 2 saturated heterocycles. The van der Waals surface area contributed by atoms with Crippen molar-refractivity contribution in [3.8, 4) is 0 Å². The zero-order valence-corrected chi connectivity index (χ0v) is 12.6. The van der Waals surface area contributed by atoms with Gasteiger partial charge in [0.1, 0.15) is 5.82 Å². The minimum Gasteiger partial charge on any atom is -0.352 e. The first-order valence-corrected chi connectivity index (χ1v) is 8.22. The van der Waals surface area contributed by atoms with Crippen LogP contribution < -0.4 is 10.2 Å². The van der Waals surface area contributed by atoms with Gasteiger partial charge in [0.05, 0.1) is 10.7 Å². The van der Waals surface area contributed by atoms with E-state index in [0.29, 0.717) is 0 Å². The van der Waals surface area contributed by atoms with E-state index < -0.39 is 0 Å². The van der Waals surface area contributed by atoms with Gasteiger partial charge in [-0.05, 0) is 36.6 Å². The molecule has 2 aromatic rings. The molecule has 0 bridgehead atoms. The van der Waals surface area contributed by atoms with Gasteiger partial charge in [-0.15, -0.1) is 0 Å². The number of nitrogens with one attached hydrogen (secondary N) is 1. The third-order valence-corrected chi connectivity index (χ3v) is 5.19. The molecule has 1 aromatic heterocycles. The Kier molecular flexibility index (Phi) is 3.27. The van der Waals surface area contributed by atoms with Crippen LogP contribution in [-0.4, -0.2) is 53.9 Å². The van der Waals surface area contributed by atoms with Crippen LogP contribution in [0, 0.1) is 0 Å². The molecule has 0 radical (unpaired) electrons. The highest BCUT2D eigenvalue weighted by Gasteiger charge is 2.31. The van der Waals surface area contributed by atoms with Crippen LogP contribution in [0.15, 0.2) is 24.3 Å². The number of benzene rings is 1. The Bertz CT molecular complexity index is 658. The standard InChI is InChI=1S/C15H18N4OS/c20-15(12-5-6-16-12)19-9-7-18(8-10-19)14-11-3-1-2-4-13(11)21-17-14/h1-4,12,16H,5-10H2/t12-/m1/s1. The number of fused-ring (bicyclic) bond motifs is 1. The zero-order valence-electron chi connectivity index (χ0n) is 11.8. The number of amides is 1. The van der Waals surface area contributed by atoms with E-state index >= 15 is 0 Å². The van der Waals surface area contributed by atoms with E-state index in [1.807, 2.05) is 11.0 Å². The molecule has 110 valence electrons. The Morgan fingerprint density at radius 3 is 2.71 bits per heavy atom. The lowest BCUT2D eigenvalue weighted by Crippen LogP contribution is -2.58. The first kappa shape index (κ1) is 13.0. The molecular formula is C15H18N4OS. The molecule has 1 aromatic carbocycles. The van der Waals surface area contributed by atoms with Crippen LogP contribution in [0.25, 0.3) is 10.1 Å². The van der Waals surface area contributed by atoms with E-state index in [0.717, 1.165) is 45.0 Å². The maximum Gasteiger partial charge on any atom is 0.239 e.